The molecular weight excluding hydrogens is 432 g/mol. The zero-order valence-corrected chi connectivity index (χ0v) is 19.2. The molecule has 0 bridgehead atoms. The zero-order valence-electron chi connectivity index (χ0n) is 19.2. The zero-order chi connectivity index (χ0) is 24.2. The molecule has 0 unspecified atom stereocenters. The van der Waals surface area contributed by atoms with Crippen LogP contribution in [0.1, 0.15) is 11.1 Å². The van der Waals surface area contributed by atoms with Crippen molar-refractivity contribution in [3.8, 4) is 11.5 Å². The molecule has 0 saturated carbocycles. The molecule has 0 atom stereocenters. The van der Waals surface area contributed by atoms with Crippen LogP contribution in [0.2, 0.25) is 0 Å². The number of nitrogens with zero attached hydrogens (tertiary/aromatic N) is 1. The maximum Gasteiger partial charge on any atom is 0.258 e. The van der Waals surface area contributed by atoms with Gasteiger partial charge in [-0.25, -0.2) is 0 Å². The van der Waals surface area contributed by atoms with Gasteiger partial charge >= 0.3 is 0 Å². The highest BCUT2D eigenvalue weighted by Crippen LogP contribution is 2.43. The van der Waals surface area contributed by atoms with E-state index >= 15 is 0 Å². The Morgan fingerprint density at radius 1 is 1.00 bits per heavy atom. The van der Waals surface area contributed by atoms with Crippen LogP contribution in [-0.4, -0.2) is 39.6 Å². The van der Waals surface area contributed by atoms with Gasteiger partial charge in [-0.05, 0) is 35.9 Å². The Kier molecular flexibility index (Phi) is 6.51. The van der Waals surface area contributed by atoms with Gasteiger partial charge in [0.1, 0.15) is 0 Å². The van der Waals surface area contributed by atoms with Crippen LogP contribution in [0.5, 0.6) is 11.5 Å². The molecule has 3 aromatic rings. The minimum absolute atomic E-state index is 0.0659. The number of fused-ring (bicyclic) bond motifs is 1. The summed E-state index contributed by atoms with van der Waals surface area (Å²) in [5, 5.41) is 6.33. The maximum absolute atomic E-state index is 13.1. The number of likely N-dealkylation sites (N-methyl/N-ethyl adjacent to an activating group) is 1. The summed E-state index contributed by atoms with van der Waals surface area (Å²) in [5.74, 6) is 0.640. The number of nitrogens with one attached hydrogen (secondary N) is 2. The molecule has 8 heteroatoms. The van der Waals surface area contributed by atoms with E-state index in [0.717, 1.165) is 16.9 Å². The van der Waals surface area contributed by atoms with Crippen LogP contribution in [0.4, 0.5) is 17.1 Å². The number of ether oxygens (including phenoxy) is 2. The molecule has 2 amide bonds. The molecule has 1 heterocycles. The minimum atomic E-state index is -0.235. The second-order valence-electron chi connectivity index (χ2n) is 7.65. The molecule has 174 valence electrons. The third-order valence-electron chi connectivity index (χ3n) is 5.65. The molecule has 1 aliphatic heterocycles. The Hall–Kier alpha value is -4.30. The molecule has 4 rings (SSSR count). The van der Waals surface area contributed by atoms with Crippen molar-refractivity contribution in [3.05, 3.63) is 77.9 Å². The van der Waals surface area contributed by atoms with Gasteiger partial charge in [0.05, 0.1) is 37.7 Å². The van der Waals surface area contributed by atoms with Gasteiger partial charge in [0, 0.05) is 30.1 Å². The van der Waals surface area contributed by atoms with Crippen LogP contribution in [0, 0.1) is 0 Å². The van der Waals surface area contributed by atoms with Crippen molar-refractivity contribution in [1.29, 1.82) is 0 Å². The SMILES string of the molecule is COc1cc2c(cc1OC)C(=C(Nc1ccc(N(C)C(=O)CN)cc1)c1ccccc1)C(=O)N2. The van der Waals surface area contributed by atoms with E-state index < -0.39 is 0 Å². The summed E-state index contributed by atoms with van der Waals surface area (Å²) in [4.78, 5) is 26.5. The van der Waals surface area contributed by atoms with Crippen LogP contribution < -0.4 is 30.7 Å². The smallest absolute Gasteiger partial charge is 0.258 e. The molecular formula is C26H26N4O4. The van der Waals surface area contributed by atoms with Gasteiger partial charge in [-0.1, -0.05) is 30.3 Å². The summed E-state index contributed by atoms with van der Waals surface area (Å²) in [6.45, 7) is -0.0659. The molecule has 0 spiro atoms. The van der Waals surface area contributed by atoms with Crippen molar-refractivity contribution in [3.63, 3.8) is 0 Å². The van der Waals surface area contributed by atoms with Gasteiger partial charge in [-0.2, -0.15) is 0 Å². The number of hydrogen-bond acceptors (Lipinski definition) is 6. The summed E-state index contributed by atoms with van der Waals surface area (Å²) < 4.78 is 10.8. The van der Waals surface area contributed by atoms with Crippen molar-refractivity contribution in [2.24, 2.45) is 5.73 Å². The second-order valence-corrected chi connectivity index (χ2v) is 7.65. The van der Waals surface area contributed by atoms with E-state index in [-0.39, 0.29) is 18.4 Å². The Morgan fingerprint density at radius 3 is 2.26 bits per heavy atom. The molecule has 0 aromatic heterocycles. The van der Waals surface area contributed by atoms with Crippen molar-refractivity contribution >= 4 is 40.1 Å². The number of hydrogen-bond donors (Lipinski definition) is 3. The lowest BCUT2D eigenvalue weighted by Gasteiger charge is -2.18. The minimum Gasteiger partial charge on any atom is -0.493 e. The summed E-state index contributed by atoms with van der Waals surface area (Å²) in [7, 11) is 4.79. The van der Waals surface area contributed by atoms with Gasteiger partial charge in [0.25, 0.3) is 5.91 Å². The number of carbonyl (C=O) groups excluding carboxylic acids is 2. The highest BCUT2D eigenvalue weighted by molar-refractivity contribution is 6.37. The first-order chi connectivity index (χ1) is 16.5. The van der Waals surface area contributed by atoms with E-state index in [4.69, 9.17) is 15.2 Å². The number of rotatable bonds is 7. The average Bonchev–Trinajstić information content (AvgIpc) is 3.20. The molecule has 34 heavy (non-hydrogen) atoms. The average molecular weight is 459 g/mol. The third kappa shape index (κ3) is 4.31. The molecule has 0 saturated heterocycles. The maximum atomic E-state index is 13.1. The van der Waals surface area contributed by atoms with Gasteiger partial charge in [0.15, 0.2) is 11.5 Å². The fourth-order valence-electron chi connectivity index (χ4n) is 3.82. The number of amides is 2. The first-order valence-corrected chi connectivity index (χ1v) is 10.7. The first-order valence-electron chi connectivity index (χ1n) is 10.7. The van der Waals surface area contributed by atoms with Crippen LogP contribution in [0.15, 0.2) is 66.7 Å². The van der Waals surface area contributed by atoms with Crippen LogP contribution >= 0.6 is 0 Å². The van der Waals surface area contributed by atoms with E-state index in [1.165, 1.54) is 4.90 Å². The van der Waals surface area contributed by atoms with Gasteiger partial charge in [0.2, 0.25) is 5.91 Å². The summed E-state index contributed by atoms with van der Waals surface area (Å²) in [6, 6.07) is 20.5. The quantitative estimate of drug-likeness (QED) is 0.468. The highest BCUT2D eigenvalue weighted by atomic mass is 16.5. The lowest BCUT2D eigenvalue weighted by Crippen LogP contribution is -2.32. The standard InChI is InChI=1S/C26H26N4O4/c1-30(23(31)15-27)18-11-9-17(10-12-18)28-25(16-7-5-4-6-8-16)24-19-13-21(33-2)22(34-3)14-20(19)29-26(24)32/h4-14,28H,15,27H2,1-3H3,(H,29,32). The number of methoxy groups -OCH3 is 2. The Bertz CT molecular complexity index is 1250. The normalized spacial score (nSPS) is 13.6. The molecule has 0 fully saturated rings. The predicted molar refractivity (Wildman–Crippen MR) is 134 cm³/mol. The second kappa shape index (κ2) is 9.68. The van der Waals surface area contributed by atoms with E-state index in [1.807, 2.05) is 54.6 Å². The largest absolute Gasteiger partial charge is 0.493 e. The van der Waals surface area contributed by atoms with Gasteiger partial charge in [-0.3, -0.25) is 9.59 Å². The molecule has 8 nitrogen and oxygen atoms in total. The Morgan fingerprint density at radius 2 is 1.65 bits per heavy atom. The van der Waals surface area contributed by atoms with E-state index in [9.17, 15) is 9.59 Å². The van der Waals surface area contributed by atoms with Crippen molar-refractivity contribution < 1.29 is 19.1 Å². The van der Waals surface area contributed by atoms with E-state index in [0.29, 0.717) is 34.0 Å². The lowest BCUT2D eigenvalue weighted by molar-refractivity contribution is -0.117. The first kappa shape index (κ1) is 22.9. The molecule has 0 radical (unpaired) electrons. The van der Waals surface area contributed by atoms with Crippen LogP contribution in [-0.2, 0) is 9.59 Å². The van der Waals surface area contributed by atoms with Crippen LogP contribution in [0.25, 0.3) is 11.3 Å². The summed E-state index contributed by atoms with van der Waals surface area (Å²) in [5.41, 5.74) is 10.3. The number of benzene rings is 3. The fourth-order valence-corrected chi connectivity index (χ4v) is 3.82. The van der Waals surface area contributed by atoms with Crippen molar-refractivity contribution in [1.82, 2.24) is 0 Å². The number of nitrogens with two attached hydrogens (primary N) is 1. The molecule has 0 aliphatic carbocycles. The monoisotopic (exact) mass is 458 g/mol. The number of carbonyl (C=O) groups is 2. The number of anilines is 3. The summed E-state index contributed by atoms with van der Waals surface area (Å²) >= 11 is 0. The summed E-state index contributed by atoms with van der Waals surface area (Å²) in [6.07, 6.45) is 0. The van der Waals surface area contributed by atoms with Gasteiger partial charge < -0.3 is 30.7 Å². The van der Waals surface area contributed by atoms with E-state index in [1.54, 1.807) is 33.4 Å². The fraction of sp³-hybridized carbons (Fsp3) is 0.154. The lowest BCUT2D eigenvalue weighted by atomic mass is 9.99. The third-order valence-corrected chi connectivity index (χ3v) is 5.65. The highest BCUT2D eigenvalue weighted by Gasteiger charge is 2.30. The van der Waals surface area contributed by atoms with Crippen molar-refractivity contribution in [2.75, 3.05) is 43.3 Å². The molecule has 4 N–H and O–H groups in total. The van der Waals surface area contributed by atoms with E-state index in [2.05, 4.69) is 10.6 Å². The van der Waals surface area contributed by atoms with Gasteiger partial charge in [-0.15, -0.1) is 0 Å². The van der Waals surface area contributed by atoms with Crippen LogP contribution in [0.3, 0.4) is 0 Å². The molecule has 1 aliphatic rings. The Labute approximate surface area is 198 Å². The Balaban J connectivity index is 1.80. The topological polar surface area (TPSA) is 106 Å². The molecule has 3 aromatic carbocycles. The predicted octanol–water partition coefficient (Wildman–Crippen LogP) is 3.56. The van der Waals surface area contributed by atoms with Crippen molar-refractivity contribution in [2.45, 2.75) is 0 Å².